The van der Waals surface area contributed by atoms with E-state index in [9.17, 15) is 20.0 Å². The third-order valence-electron chi connectivity index (χ3n) is 7.04. The molecular weight excluding hydrogens is 388 g/mol. The first-order chi connectivity index (χ1) is 14.5. The summed E-state index contributed by atoms with van der Waals surface area (Å²) < 4.78 is 0. The van der Waals surface area contributed by atoms with E-state index >= 15 is 0 Å². The Labute approximate surface area is 185 Å². The van der Waals surface area contributed by atoms with Crippen LogP contribution in [0.4, 0.5) is 0 Å². The van der Waals surface area contributed by atoms with E-state index in [1.807, 2.05) is 13.0 Å². The van der Waals surface area contributed by atoms with Gasteiger partial charge in [0.15, 0.2) is 5.78 Å². The molecule has 5 nitrogen and oxygen atoms in total. The minimum Gasteiger partial charge on any atom is -0.512 e. The lowest BCUT2D eigenvalue weighted by Crippen LogP contribution is -2.49. The predicted octanol–water partition coefficient (Wildman–Crippen LogP) is 4.48. The first kappa shape index (κ1) is 22.9. The maximum Gasteiger partial charge on any atom is 0.242 e. The van der Waals surface area contributed by atoms with Crippen LogP contribution in [0.15, 0.2) is 34.6 Å². The Kier molecular flexibility index (Phi) is 6.19. The summed E-state index contributed by atoms with van der Waals surface area (Å²) in [5.41, 5.74) is 1.22. The molecule has 1 amide bonds. The number of aliphatic hydroxyl groups excluding tert-OH is 1. The summed E-state index contributed by atoms with van der Waals surface area (Å²) in [4.78, 5) is 27.6. The van der Waals surface area contributed by atoms with Gasteiger partial charge in [-0.2, -0.15) is 5.26 Å². The van der Waals surface area contributed by atoms with E-state index in [2.05, 4.69) is 30.9 Å². The first-order valence-corrected chi connectivity index (χ1v) is 11.0. The zero-order valence-electron chi connectivity index (χ0n) is 19.2. The van der Waals surface area contributed by atoms with Crippen LogP contribution in [0.1, 0.15) is 60.3 Å². The average Bonchev–Trinajstić information content (AvgIpc) is 2.70. The van der Waals surface area contributed by atoms with Crippen LogP contribution in [0.2, 0.25) is 0 Å². The van der Waals surface area contributed by atoms with E-state index in [4.69, 9.17) is 0 Å². The number of nitrogens with zero attached hydrogens (tertiary/aromatic N) is 2. The second kappa shape index (κ2) is 8.39. The molecule has 1 aliphatic heterocycles. The molecule has 0 bridgehead atoms. The molecule has 1 spiro atoms. The van der Waals surface area contributed by atoms with Crippen LogP contribution >= 0.6 is 0 Å². The van der Waals surface area contributed by atoms with Crippen molar-refractivity contribution in [3.8, 4) is 17.9 Å². The Hall–Kier alpha value is -2.79. The normalized spacial score (nSPS) is 25.9. The van der Waals surface area contributed by atoms with E-state index < -0.39 is 5.41 Å². The number of piperidine rings is 1. The SMILES string of the molecule is CC#CC1=CC(C)C(C2=C(O)CC3(CCN(C(=O)C(C)(C)C#N)CC3)CC2=O)C(C)=C1. The number of allylic oxidation sites excluding steroid dienone is 6. The van der Waals surface area contributed by atoms with E-state index in [0.29, 0.717) is 44.3 Å². The summed E-state index contributed by atoms with van der Waals surface area (Å²) in [6.07, 6.45) is 6.29. The number of aliphatic hydroxyl groups is 1. The summed E-state index contributed by atoms with van der Waals surface area (Å²) in [7, 11) is 0. The first-order valence-electron chi connectivity index (χ1n) is 11.0. The highest BCUT2D eigenvalue weighted by Crippen LogP contribution is 2.48. The van der Waals surface area contributed by atoms with Gasteiger partial charge >= 0.3 is 0 Å². The molecule has 164 valence electrons. The number of carbonyl (C=O) groups is 2. The Morgan fingerprint density at radius 1 is 1.29 bits per heavy atom. The monoisotopic (exact) mass is 420 g/mol. The van der Waals surface area contributed by atoms with Gasteiger partial charge in [0.25, 0.3) is 0 Å². The smallest absolute Gasteiger partial charge is 0.242 e. The maximum absolute atomic E-state index is 13.3. The van der Waals surface area contributed by atoms with Crippen molar-refractivity contribution in [1.82, 2.24) is 4.90 Å². The molecule has 0 aromatic rings. The molecule has 0 saturated carbocycles. The van der Waals surface area contributed by atoms with Crippen molar-refractivity contribution in [1.29, 1.82) is 5.26 Å². The molecule has 1 saturated heterocycles. The number of rotatable bonds is 2. The molecule has 2 aliphatic carbocycles. The third kappa shape index (κ3) is 4.33. The van der Waals surface area contributed by atoms with Crippen LogP contribution in [-0.4, -0.2) is 34.8 Å². The fourth-order valence-corrected chi connectivity index (χ4v) is 5.33. The summed E-state index contributed by atoms with van der Waals surface area (Å²) in [5.74, 6) is 6.03. The van der Waals surface area contributed by atoms with Crippen molar-refractivity contribution >= 4 is 11.7 Å². The summed E-state index contributed by atoms with van der Waals surface area (Å²) in [6.45, 7) is 10.2. The molecule has 1 heterocycles. The van der Waals surface area contributed by atoms with Crippen molar-refractivity contribution in [2.24, 2.45) is 22.7 Å². The Balaban J connectivity index is 1.78. The Morgan fingerprint density at radius 3 is 2.45 bits per heavy atom. The molecule has 3 rings (SSSR count). The van der Waals surface area contributed by atoms with Crippen LogP contribution < -0.4 is 0 Å². The largest absolute Gasteiger partial charge is 0.512 e. The van der Waals surface area contributed by atoms with Gasteiger partial charge in [-0.05, 0) is 57.9 Å². The highest BCUT2D eigenvalue weighted by molar-refractivity contribution is 5.98. The number of hydrogen-bond acceptors (Lipinski definition) is 4. The minimum absolute atomic E-state index is 0.0175. The Bertz CT molecular complexity index is 986. The number of nitriles is 1. The lowest BCUT2D eigenvalue weighted by molar-refractivity contribution is -0.140. The second-order valence-corrected chi connectivity index (χ2v) is 9.89. The van der Waals surface area contributed by atoms with Crippen molar-refractivity contribution in [2.45, 2.75) is 60.3 Å². The molecule has 0 radical (unpaired) electrons. The Morgan fingerprint density at radius 2 is 1.94 bits per heavy atom. The highest BCUT2D eigenvalue weighted by atomic mass is 16.3. The van der Waals surface area contributed by atoms with Crippen molar-refractivity contribution in [2.75, 3.05) is 13.1 Å². The number of ketones is 1. The van der Waals surface area contributed by atoms with Gasteiger partial charge in [0, 0.05) is 43.0 Å². The third-order valence-corrected chi connectivity index (χ3v) is 7.04. The highest BCUT2D eigenvalue weighted by Gasteiger charge is 2.46. The lowest BCUT2D eigenvalue weighted by Gasteiger charge is -2.45. The molecule has 2 unspecified atom stereocenters. The topological polar surface area (TPSA) is 81.4 Å². The number of amides is 1. The van der Waals surface area contributed by atoms with Crippen molar-refractivity contribution in [3.05, 3.63) is 34.6 Å². The molecule has 1 fully saturated rings. The predicted molar refractivity (Wildman–Crippen MR) is 119 cm³/mol. The number of hydrogen-bond donors (Lipinski definition) is 1. The standard InChI is InChI=1S/C26H32N2O3/c1-6-7-19-12-17(2)22(18(3)13-19)23-20(29)14-26(15-21(23)30)8-10-28(11-9-26)24(31)25(4,5)16-27/h12-13,17,22,29H,8-11,14-15H2,1-5H3. The second-order valence-electron chi connectivity index (χ2n) is 9.89. The fraction of sp³-hybridized carbons (Fsp3) is 0.577. The zero-order chi connectivity index (χ0) is 23.0. The van der Waals surface area contributed by atoms with E-state index in [0.717, 1.165) is 11.1 Å². The van der Waals surface area contributed by atoms with Gasteiger partial charge in [-0.25, -0.2) is 0 Å². The molecule has 31 heavy (non-hydrogen) atoms. The van der Waals surface area contributed by atoms with Gasteiger partial charge in [-0.3, -0.25) is 9.59 Å². The summed E-state index contributed by atoms with van der Waals surface area (Å²) in [5, 5.41) is 20.3. The number of likely N-dealkylation sites (tertiary alicyclic amines) is 1. The number of Topliss-reactive ketones (excluding diaryl/α,β-unsaturated/α-hetero) is 1. The quantitative estimate of drug-likeness (QED) is 0.668. The molecule has 3 aliphatic rings. The van der Waals surface area contributed by atoms with Gasteiger partial charge in [-0.15, -0.1) is 5.92 Å². The van der Waals surface area contributed by atoms with Crippen LogP contribution in [0, 0.1) is 45.8 Å². The molecule has 0 aromatic carbocycles. The molecular formula is C26H32N2O3. The van der Waals surface area contributed by atoms with Gasteiger partial charge in [0.1, 0.15) is 11.2 Å². The van der Waals surface area contributed by atoms with Gasteiger partial charge in [0.2, 0.25) is 5.91 Å². The zero-order valence-corrected chi connectivity index (χ0v) is 19.2. The molecule has 0 aromatic heterocycles. The van der Waals surface area contributed by atoms with Gasteiger partial charge in [0.05, 0.1) is 6.07 Å². The summed E-state index contributed by atoms with van der Waals surface area (Å²) in [6, 6.07) is 2.07. The minimum atomic E-state index is -1.04. The van der Waals surface area contributed by atoms with Crippen LogP contribution in [-0.2, 0) is 9.59 Å². The van der Waals surface area contributed by atoms with Crippen molar-refractivity contribution in [3.63, 3.8) is 0 Å². The van der Waals surface area contributed by atoms with E-state index in [1.165, 1.54) is 0 Å². The maximum atomic E-state index is 13.3. The molecule has 5 heteroatoms. The average molecular weight is 421 g/mol. The summed E-state index contributed by atoms with van der Waals surface area (Å²) >= 11 is 0. The van der Waals surface area contributed by atoms with Crippen LogP contribution in [0.3, 0.4) is 0 Å². The molecule has 1 N–H and O–H groups in total. The van der Waals surface area contributed by atoms with Gasteiger partial charge in [-0.1, -0.05) is 24.5 Å². The number of carbonyl (C=O) groups excluding carboxylic acids is 2. The van der Waals surface area contributed by atoms with Crippen molar-refractivity contribution < 1.29 is 14.7 Å². The molecule has 2 atom stereocenters. The fourth-order valence-electron chi connectivity index (χ4n) is 5.33. The lowest BCUT2D eigenvalue weighted by atomic mass is 9.64. The van der Waals surface area contributed by atoms with E-state index in [-0.39, 0.29) is 34.7 Å². The van der Waals surface area contributed by atoms with Crippen LogP contribution in [0.25, 0.3) is 0 Å². The van der Waals surface area contributed by atoms with Crippen LogP contribution in [0.5, 0.6) is 0 Å². The van der Waals surface area contributed by atoms with Gasteiger partial charge < -0.3 is 10.0 Å². The van der Waals surface area contributed by atoms with E-state index in [1.54, 1.807) is 25.7 Å².